The third-order valence-corrected chi connectivity index (χ3v) is 1.78. The first kappa shape index (κ1) is 10.4. The summed E-state index contributed by atoms with van der Waals surface area (Å²) in [5.74, 6) is -0.422. The Morgan fingerprint density at radius 2 is 2.21 bits per heavy atom. The Balaban J connectivity index is 0.000000980. The molecule has 0 aliphatic carbocycles. The van der Waals surface area contributed by atoms with E-state index in [0.717, 1.165) is 0 Å². The number of benzene rings is 1. The molecule has 1 aliphatic heterocycles. The van der Waals surface area contributed by atoms with E-state index < -0.39 is 5.97 Å². The van der Waals surface area contributed by atoms with Gasteiger partial charge in [-0.25, -0.2) is 10.3 Å². The van der Waals surface area contributed by atoms with Crippen molar-refractivity contribution in [3.63, 3.8) is 0 Å². The minimum atomic E-state index is -0.952. The smallest absolute Gasteiger partial charge is 0.336 e. The van der Waals surface area contributed by atoms with Crippen molar-refractivity contribution in [2.45, 2.75) is 0 Å². The molecule has 0 bridgehead atoms. The fraction of sp³-hybridized carbons (Fsp3) is 0. The summed E-state index contributed by atoms with van der Waals surface area (Å²) in [5, 5.41) is 8.83. The summed E-state index contributed by atoms with van der Waals surface area (Å²) in [6.07, 6.45) is 3.22. The fourth-order valence-corrected chi connectivity index (χ4v) is 1.21. The third kappa shape index (κ3) is 1.65. The molecule has 2 N–H and O–H groups in total. The van der Waals surface area contributed by atoms with Crippen LogP contribution in [0.3, 0.4) is 0 Å². The van der Waals surface area contributed by atoms with Crippen molar-refractivity contribution in [3.05, 3.63) is 35.5 Å². The van der Waals surface area contributed by atoms with Crippen LogP contribution in [0.1, 0.15) is 15.9 Å². The van der Waals surface area contributed by atoms with Crippen LogP contribution in [0.25, 0.3) is 6.08 Å². The minimum Gasteiger partial charge on any atom is -0.478 e. The van der Waals surface area contributed by atoms with E-state index in [2.05, 4.69) is 5.48 Å². The van der Waals surface area contributed by atoms with Crippen LogP contribution in [0.2, 0.25) is 0 Å². The number of carbonyl (C=O) groups is 1. The van der Waals surface area contributed by atoms with Crippen molar-refractivity contribution in [1.29, 1.82) is 0 Å². The molecule has 1 aromatic rings. The van der Waals surface area contributed by atoms with Crippen LogP contribution in [0.15, 0.2) is 24.4 Å². The first-order valence-electron chi connectivity index (χ1n) is 3.74. The van der Waals surface area contributed by atoms with Gasteiger partial charge >= 0.3 is 5.97 Å². The van der Waals surface area contributed by atoms with E-state index in [-0.39, 0.29) is 18.0 Å². The number of nitrogens with one attached hydrogen (secondary N) is 1. The van der Waals surface area contributed by atoms with Crippen molar-refractivity contribution in [2.75, 3.05) is 0 Å². The molecule has 0 radical (unpaired) electrons. The summed E-state index contributed by atoms with van der Waals surface area (Å²) >= 11 is 0. The highest BCUT2D eigenvalue weighted by Gasteiger charge is 2.14. The highest BCUT2D eigenvalue weighted by atomic mass is 35.5. The molecule has 74 valence electrons. The van der Waals surface area contributed by atoms with Gasteiger partial charge in [-0.2, -0.15) is 0 Å². The maximum atomic E-state index is 10.8. The molecule has 0 aromatic heterocycles. The number of hydrogen-bond donors (Lipinski definition) is 2. The fourth-order valence-electron chi connectivity index (χ4n) is 1.21. The Bertz CT molecular complexity index is 390. The number of aromatic carboxylic acids is 1. The van der Waals surface area contributed by atoms with Gasteiger partial charge < -0.3 is 9.94 Å². The first-order valence-corrected chi connectivity index (χ1v) is 3.74. The molecule has 4 nitrogen and oxygen atoms in total. The highest BCUT2D eigenvalue weighted by Crippen LogP contribution is 2.25. The van der Waals surface area contributed by atoms with Crippen LogP contribution in [0.4, 0.5) is 0 Å². The second kappa shape index (κ2) is 4.02. The van der Waals surface area contributed by atoms with Crippen molar-refractivity contribution >= 4 is 24.5 Å². The summed E-state index contributed by atoms with van der Waals surface area (Å²) in [7, 11) is 0. The average molecular weight is 214 g/mol. The topological polar surface area (TPSA) is 58.6 Å². The second-order valence-electron chi connectivity index (χ2n) is 2.58. The highest BCUT2D eigenvalue weighted by molar-refractivity contribution is 5.93. The zero-order chi connectivity index (χ0) is 9.26. The van der Waals surface area contributed by atoms with Crippen molar-refractivity contribution < 1.29 is 14.7 Å². The summed E-state index contributed by atoms with van der Waals surface area (Å²) in [6, 6.07) is 4.89. The predicted molar refractivity (Wildman–Crippen MR) is 53.4 cm³/mol. The molecule has 1 aromatic carbocycles. The van der Waals surface area contributed by atoms with E-state index >= 15 is 0 Å². The number of hydrogen-bond acceptors (Lipinski definition) is 3. The van der Waals surface area contributed by atoms with Gasteiger partial charge in [0.15, 0.2) is 5.75 Å². The van der Waals surface area contributed by atoms with E-state index in [4.69, 9.17) is 9.94 Å². The van der Waals surface area contributed by atoms with Crippen molar-refractivity contribution in [2.24, 2.45) is 0 Å². The molecule has 1 heterocycles. The second-order valence-corrected chi connectivity index (χ2v) is 2.58. The summed E-state index contributed by atoms with van der Waals surface area (Å²) in [6.45, 7) is 0. The van der Waals surface area contributed by atoms with Crippen molar-refractivity contribution in [3.8, 4) is 5.75 Å². The molecular formula is C9H8ClNO3. The molecule has 0 spiro atoms. The van der Waals surface area contributed by atoms with Gasteiger partial charge in [-0.1, -0.05) is 6.07 Å². The van der Waals surface area contributed by atoms with Gasteiger partial charge in [-0.15, -0.1) is 12.4 Å². The average Bonchev–Trinajstić information content (AvgIpc) is 2.17. The van der Waals surface area contributed by atoms with Gasteiger partial charge in [0.1, 0.15) is 0 Å². The van der Waals surface area contributed by atoms with Crippen LogP contribution in [-0.4, -0.2) is 11.1 Å². The Morgan fingerprint density at radius 1 is 1.43 bits per heavy atom. The maximum Gasteiger partial charge on any atom is 0.336 e. The normalized spacial score (nSPS) is 11.7. The Labute approximate surface area is 86.6 Å². The quantitative estimate of drug-likeness (QED) is 0.745. The zero-order valence-corrected chi connectivity index (χ0v) is 7.88. The Hall–Kier alpha value is -1.68. The van der Waals surface area contributed by atoms with Gasteiger partial charge in [-0.3, -0.25) is 0 Å². The molecule has 0 amide bonds. The van der Waals surface area contributed by atoms with Gasteiger partial charge in [-0.05, 0) is 18.2 Å². The van der Waals surface area contributed by atoms with Crippen LogP contribution in [-0.2, 0) is 0 Å². The molecule has 2 rings (SSSR count). The monoisotopic (exact) mass is 213 g/mol. The van der Waals surface area contributed by atoms with Crippen LogP contribution >= 0.6 is 12.4 Å². The van der Waals surface area contributed by atoms with Gasteiger partial charge in [0.05, 0.1) is 5.56 Å². The van der Waals surface area contributed by atoms with Gasteiger partial charge in [0.2, 0.25) is 0 Å². The Kier molecular flexibility index (Phi) is 2.99. The predicted octanol–water partition coefficient (Wildman–Crippen LogP) is 1.67. The lowest BCUT2D eigenvalue weighted by atomic mass is 10.1. The number of halogens is 1. The van der Waals surface area contributed by atoms with Crippen molar-refractivity contribution in [1.82, 2.24) is 5.48 Å². The lowest BCUT2D eigenvalue weighted by Gasteiger charge is -2.13. The van der Waals surface area contributed by atoms with E-state index in [0.29, 0.717) is 11.3 Å². The summed E-state index contributed by atoms with van der Waals surface area (Å²) in [4.78, 5) is 15.8. The Morgan fingerprint density at radius 3 is 2.93 bits per heavy atom. The van der Waals surface area contributed by atoms with Crippen LogP contribution in [0.5, 0.6) is 5.75 Å². The third-order valence-electron chi connectivity index (χ3n) is 1.78. The SMILES string of the molecule is Cl.O=C(O)c1cccc2c1C=CNO2. The molecule has 5 heteroatoms. The lowest BCUT2D eigenvalue weighted by molar-refractivity contribution is 0.0695. The molecular weight excluding hydrogens is 206 g/mol. The largest absolute Gasteiger partial charge is 0.478 e. The number of hydroxylamine groups is 1. The van der Waals surface area contributed by atoms with Crippen LogP contribution < -0.4 is 10.3 Å². The van der Waals surface area contributed by atoms with Crippen LogP contribution in [0, 0.1) is 0 Å². The summed E-state index contributed by atoms with van der Waals surface area (Å²) < 4.78 is 0. The summed E-state index contributed by atoms with van der Waals surface area (Å²) in [5.41, 5.74) is 3.37. The molecule has 0 saturated carbocycles. The number of fused-ring (bicyclic) bond motifs is 1. The standard InChI is InChI=1S/C9H7NO3.ClH/c11-9(12)7-2-1-3-8-6(7)4-5-10-13-8;/h1-5,10H,(H,11,12);1H. The van der Waals surface area contributed by atoms with Gasteiger partial charge in [0.25, 0.3) is 0 Å². The molecule has 0 atom stereocenters. The van der Waals surface area contributed by atoms with Gasteiger partial charge in [0, 0.05) is 11.8 Å². The molecule has 0 fully saturated rings. The lowest BCUT2D eigenvalue weighted by Crippen LogP contribution is -2.16. The number of carboxylic acids is 1. The van der Waals surface area contributed by atoms with E-state index in [1.165, 1.54) is 0 Å². The van der Waals surface area contributed by atoms with E-state index in [9.17, 15) is 4.79 Å². The first-order chi connectivity index (χ1) is 6.29. The maximum absolute atomic E-state index is 10.8. The zero-order valence-electron chi connectivity index (χ0n) is 7.06. The number of rotatable bonds is 1. The molecule has 0 saturated heterocycles. The molecule has 0 unspecified atom stereocenters. The molecule has 14 heavy (non-hydrogen) atoms. The minimum absolute atomic E-state index is 0. The van der Waals surface area contributed by atoms with E-state index in [1.807, 2.05) is 0 Å². The van der Waals surface area contributed by atoms with E-state index in [1.54, 1.807) is 30.5 Å². The molecule has 1 aliphatic rings. The number of carboxylic acid groups (broad SMARTS) is 1.